The fraction of sp³-hybridized carbons (Fsp3) is 0.684. The highest BCUT2D eigenvalue weighted by Crippen LogP contribution is 2.27. The van der Waals surface area contributed by atoms with Crippen molar-refractivity contribution in [3.05, 3.63) is 35.9 Å². The number of nitrogens with zero attached hydrogens (tertiary/aromatic N) is 1. The SMILES string of the molecule is CC[C@@H]1CCN(C(C)(C)C)C[C@H]1N[C@@H](C)c1ccccc1. The summed E-state index contributed by atoms with van der Waals surface area (Å²) in [5.41, 5.74) is 1.66. The third-order valence-corrected chi connectivity index (χ3v) is 4.99. The van der Waals surface area contributed by atoms with Crippen molar-refractivity contribution in [3.8, 4) is 0 Å². The Morgan fingerprint density at radius 1 is 1.24 bits per heavy atom. The van der Waals surface area contributed by atoms with Crippen molar-refractivity contribution in [1.82, 2.24) is 10.2 Å². The second kappa shape index (κ2) is 6.93. The lowest BCUT2D eigenvalue weighted by Gasteiger charge is -2.46. The van der Waals surface area contributed by atoms with Gasteiger partial charge in [0.25, 0.3) is 0 Å². The van der Waals surface area contributed by atoms with E-state index in [1.165, 1.54) is 31.5 Å². The first-order valence-corrected chi connectivity index (χ1v) is 8.48. The molecule has 1 fully saturated rings. The van der Waals surface area contributed by atoms with Gasteiger partial charge in [0.05, 0.1) is 0 Å². The zero-order valence-electron chi connectivity index (χ0n) is 14.4. The second-order valence-electron chi connectivity index (χ2n) is 7.48. The van der Waals surface area contributed by atoms with Crippen LogP contribution in [0.1, 0.15) is 59.1 Å². The summed E-state index contributed by atoms with van der Waals surface area (Å²) in [4.78, 5) is 2.63. The molecule has 1 aliphatic heterocycles. The minimum absolute atomic E-state index is 0.272. The van der Waals surface area contributed by atoms with Crippen LogP contribution < -0.4 is 5.32 Å². The maximum atomic E-state index is 3.90. The Morgan fingerprint density at radius 2 is 1.90 bits per heavy atom. The van der Waals surface area contributed by atoms with Crippen LogP contribution in [-0.4, -0.2) is 29.6 Å². The van der Waals surface area contributed by atoms with E-state index in [-0.39, 0.29) is 5.54 Å². The molecule has 2 rings (SSSR count). The third-order valence-electron chi connectivity index (χ3n) is 4.99. The van der Waals surface area contributed by atoms with Gasteiger partial charge in [-0.15, -0.1) is 0 Å². The highest BCUT2D eigenvalue weighted by molar-refractivity contribution is 5.18. The number of hydrogen-bond acceptors (Lipinski definition) is 2. The summed E-state index contributed by atoms with van der Waals surface area (Å²) in [6.45, 7) is 14.0. The summed E-state index contributed by atoms with van der Waals surface area (Å²) in [7, 11) is 0. The summed E-state index contributed by atoms with van der Waals surface area (Å²) in [6, 6.07) is 11.8. The lowest BCUT2D eigenvalue weighted by atomic mass is 9.86. The van der Waals surface area contributed by atoms with Gasteiger partial charge in [0.2, 0.25) is 0 Å². The van der Waals surface area contributed by atoms with Crippen LogP contribution in [0.3, 0.4) is 0 Å². The molecule has 1 N–H and O–H groups in total. The van der Waals surface area contributed by atoms with Gasteiger partial charge < -0.3 is 5.32 Å². The Hall–Kier alpha value is -0.860. The average molecular weight is 288 g/mol. The first-order valence-electron chi connectivity index (χ1n) is 8.48. The van der Waals surface area contributed by atoms with Gasteiger partial charge in [0.1, 0.15) is 0 Å². The maximum Gasteiger partial charge on any atom is 0.0294 e. The van der Waals surface area contributed by atoms with E-state index in [1.807, 2.05) is 0 Å². The largest absolute Gasteiger partial charge is 0.306 e. The number of nitrogens with one attached hydrogen (secondary N) is 1. The molecule has 2 heteroatoms. The Labute approximate surface area is 130 Å². The quantitative estimate of drug-likeness (QED) is 0.891. The van der Waals surface area contributed by atoms with Crippen LogP contribution in [0.15, 0.2) is 30.3 Å². The smallest absolute Gasteiger partial charge is 0.0294 e. The van der Waals surface area contributed by atoms with E-state index >= 15 is 0 Å². The summed E-state index contributed by atoms with van der Waals surface area (Å²) in [6.07, 6.45) is 2.59. The Bertz CT molecular complexity index is 421. The van der Waals surface area contributed by atoms with Crippen LogP contribution in [0.4, 0.5) is 0 Å². The number of likely N-dealkylation sites (tertiary alicyclic amines) is 1. The van der Waals surface area contributed by atoms with Gasteiger partial charge in [-0.3, -0.25) is 4.90 Å². The minimum atomic E-state index is 0.272. The second-order valence-corrected chi connectivity index (χ2v) is 7.48. The summed E-state index contributed by atoms with van der Waals surface area (Å²) in [5, 5.41) is 3.90. The predicted octanol–water partition coefficient (Wildman–Crippen LogP) is 4.24. The van der Waals surface area contributed by atoms with E-state index in [0.717, 1.165) is 5.92 Å². The van der Waals surface area contributed by atoms with Gasteiger partial charge in [-0.2, -0.15) is 0 Å². The van der Waals surface area contributed by atoms with Gasteiger partial charge in [-0.05, 0) is 52.1 Å². The van der Waals surface area contributed by atoms with Crippen molar-refractivity contribution in [2.75, 3.05) is 13.1 Å². The Morgan fingerprint density at radius 3 is 2.48 bits per heavy atom. The summed E-state index contributed by atoms with van der Waals surface area (Å²) >= 11 is 0. The predicted molar refractivity (Wildman–Crippen MR) is 91.5 cm³/mol. The molecule has 0 saturated carbocycles. The molecule has 1 heterocycles. The van der Waals surface area contributed by atoms with Crippen molar-refractivity contribution in [1.29, 1.82) is 0 Å². The molecule has 1 aromatic carbocycles. The molecule has 3 atom stereocenters. The molecule has 0 unspecified atom stereocenters. The summed E-state index contributed by atoms with van der Waals surface area (Å²) in [5.74, 6) is 0.801. The summed E-state index contributed by atoms with van der Waals surface area (Å²) < 4.78 is 0. The fourth-order valence-electron chi connectivity index (χ4n) is 3.45. The van der Waals surface area contributed by atoms with Crippen LogP contribution in [0.2, 0.25) is 0 Å². The molecule has 0 radical (unpaired) electrons. The van der Waals surface area contributed by atoms with Crippen molar-refractivity contribution in [3.63, 3.8) is 0 Å². The fourth-order valence-corrected chi connectivity index (χ4v) is 3.45. The molecule has 1 aliphatic rings. The van der Waals surface area contributed by atoms with E-state index in [1.54, 1.807) is 0 Å². The van der Waals surface area contributed by atoms with Crippen LogP contribution >= 0.6 is 0 Å². The maximum absolute atomic E-state index is 3.90. The molecule has 0 aliphatic carbocycles. The lowest BCUT2D eigenvalue weighted by Crippen LogP contribution is -2.56. The number of hydrogen-bond donors (Lipinski definition) is 1. The Balaban J connectivity index is 2.04. The molecule has 0 spiro atoms. The molecule has 2 nitrogen and oxygen atoms in total. The van der Waals surface area contributed by atoms with Crippen molar-refractivity contribution in [2.24, 2.45) is 5.92 Å². The normalized spacial score (nSPS) is 25.8. The van der Waals surface area contributed by atoms with Gasteiger partial charge in [0, 0.05) is 24.2 Å². The van der Waals surface area contributed by atoms with Crippen molar-refractivity contribution >= 4 is 0 Å². The topological polar surface area (TPSA) is 15.3 Å². The standard InChI is InChI=1S/C19H32N2/c1-6-16-12-13-21(19(3,4)5)14-18(16)20-15(2)17-10-8-7-9-11-17/h7-11,15-16,18,20H,6,12-14H2,1-5H3/t15-,16+,18+/m0/s1. The highest BCUT2D eigenvalue weighted by Gasteiger charge is 2.33. The molecule has 0 aromatic heterocycles. The monoisotopic (exact) mass is 288 g/mol. The van der Waals surface area contributed by atoms with Gasteiger partial charge in [-0.25, -0.2) is 0 Å². The number of rotatable bonds is 4. The van der Waals surface area contributed by atoms with Crippen LogP contribution in [-0.2, 0) is 0 Å². The average Bonchev–Trinajstić information content (AvgIpc) is 2.47. The molecular formula is C19H32N2. The first-order chi connectivity index (χ1) is 9.91. The molecular weight excluding hydrogens is 256 g/mol. The van der Waals surface area contributed by atoms with Gasteiger partial charge in [0.15, 0.2) is 0 Å². The highest BCUT2D eigenvalue weighted by atomic mass is 15.2. The molecule has 1 aromatic rings. The molecule has 0 bridgehead atoms. The molecule has 1 saturated heterocycles. The molecule has 21 heavy (non-hydrogen) atoms. The lowest BCUT2D eigenvalue weighted by molar-refractivity contribution is 0.0578. The molecule has 118 valence electrons. The van der Waals surface area contributed by atoms with Crippen LogP contribution in [0, 0.1) is 5.92 Å². The number of piperidine rings is 1. The van der Waals surface area contributed by atoms with Crippen LogP contribution in [0.25, 0.3) is 0 Å². The zero-order valence-corrected chi connectivity index (χ0v) is 14.4. The van der Waals surface area contributed by atoms with Gasteiger partial charge >= 0.3 is 0 Å². The number of benzene rings is 1. The van der Waals surface area contributed by atoms with E-state index in [9.17, 15) is 0 Å². The Kier molecular flexibility index (Phi) is 5.45. The zero-order chi connectivity index (χ0) is 15.5. The van der Waals surface area contributed by atoms with Crippen LogP contribution in [0.5, 0.6) is 0 Å². The van der Waals surface area contributed by atoms with Crippen molar-refractivity contribution < 1.29 is 0 Å². The first kappa shape index (κ1) is 16.5. The van der Waals surface area contributed by atoms with Gasteiger partial charge in [-0.1, -0.05) is 43.7 Å². The minimum Gasteiger partial charge on any atom is -0.306 e. The van der Waals surface area contributed by atoms with E-state index in [2.05, 4.69) is 75.2 Å². The van der Waals surface area contributed by atoms with Crippen molar-refractivity contribution in [2.45, 2.75) is 65.1 Å². The third kappa shape index (κ3) is 4.31. The van der Waals surface area contributed by atoms with E-state index in [0.29, 0.717) is 12.1 Å². The molecule has 0 amide bonds. The van der Waals surface area contributed by atoms with E-state index < -0.39 is 0 Å². The van der Waals surface area contributed by atoms with E-state index in [4.69, 9.17) is 0 Å².